The zero-order valence-electron chi connectivity index (χ0n) is 11.4. The summed E-state index contributed by atoms with van der Waals surface area (Å²) in [5.74, 6) is 0.0491. The van der Waals surface area contributed by atoms with Gasteiger partial charge in [-0.2, -0.15) is 0 Å². The van der Waals surface area contributed by atoms with Crippen molar-refractivity contribution >= 4 is 21.4 Å². The van der Waals surface area contributed by atoms with Crippen LogP contribution in [0.5, 0.6) is 0 Å². The van der Waals surface area contributed by atoms with E-state index >= 15 is 0 Å². The van der Waals surface area contributed by atoms with Crippen molar-refractivity contribution in [3.8, 4) is 0 Å². The molecule has 0 spiro atoms. The van der Waals surface area contributed by atoms with E-state index in [2.05, 4.69) is 27.3 Å². The highest BCUT2D eigenvalue weighted by atomic mass is 32.2. The molecule has 0 unspecified atom stereocenters. The van der Waals surface area contributed by atoms with Crippen LogP contribution >= 0.6 is 0 Å². The highest BCUT2D eigenvalue weighted by molar-refractivity contribution is 7.89. The molecule has 0 saturated heterocycles. The quantitative estimate of drug-likeness (QED) is 0.636. The maximum atomic E-state index is 11.4. The second kappa shape index (κ2) is 7.96. The van der Waals surface area contributed by atoms with E-state index in [1.165, 1.54) is 0 Å². The van der Waals surface area contributed by atoms with E-state index < -0.39 is 10.0 Å². The lowest BCUT2D eigenvalue weighted by Gasteiger charge is -2.09. The molecule has 1 aromatic rings. The van der Waals surface area contributed by atoms with Crippen LogP contribution in [0.3, 0.4) is 0 Å². The third-order valence-corrected chi connectivity index (χ3v) is 3.85. The molecule has 6 nitrogen and oxygen atoms in total. The Morgan fingerprint density at radius 1 is 1.11 bits per heavy atom. The maximum absolute atomic E-state index is 11.4. The molecule has 19 heavy (non-hydrogen) atoms. The Labute approximate surface area is 115 Å². The molecule has 0 aromatic carbocycles. The molecule has 1 aromatic heterocycles. The lowest BCUT2D eigenvalue weighted by Crippen LogP contribution is -2.29. The molecule has 108 valence electrons. The van der Waals surface area contributed by atoms with E-state index in [1.54, 1.807) is 19.3 Å². The molecule has 0 atom stereocenters. The molecule has 0 radical (unpaired) electrons. The van der Waals surface area contributed by atoms with Gasteiger partial charge in [-0.05, 0) is 12.5 Å². The van der Waals surface area contributed by atoms with Crippen LogP contribution in [-0.4, -0.2) is 38.8 Å². The molecule has 7 heteroatoms. The number of pyridine rings is 1. The molecular formula is C12H22N4O2S. The summed E-state index contributed by atoms with van der Waals surface area (Å²) in [6, 6.07) is 1.92. The summed E-state index contributed by atoms with van der Waals surface area (Å²) in [4.78, 5) is 4.10. The second-order valence-electron chi connectivity index (χ2n) is 4.13. The predicted molar refractivity (Wildman–Crippen MR) is 79.0 cm³/mol. The summed E-state index contributed by atoms with van der Waals surface area (Å²) < 4.78 is 25.4. The van der Waals surface area contributed by atoms with Gasteiger partial charge in [-0.1, -0.05) is 13.8 Å². The highest BCUT2D eigenvalue weighted by Gasteiger charge is 2.07. The van der Waals surface area contributed by atoms with Crippen LogP contribution in [0, 0.1) is 0 Å². The average molecular weight is 286 g/mol. The van der Waals surface area contributed by atoms with Crippen molar-refractivity contribution in [1.29, 1.82) is 0 Å². The van der Waals surface area contributed by atoms with Crippen molar-refractivity contribution in [3.63, 3.8) is 0 Å². The minimum absolute atomic E-state index is 0.0491. The first-order chi connectivity index (χ1) is 9.07. The molecule has 0 aliphatic rings. The van der Waals surface area contributed by atoms with Crippen LogP contribution in [-0.2, 0) is 10.0 Å². The molecule has 0 bridgehead atoms. The van der Waals surface area contributed by atoms with E-state index in [1.807, 2.05) is 6.07 Å². The number of hydrogen-bond acceptors (Lipinski definition) is 5. The summed E-state index contributed by atoms with van der Waals surface area (Å²) in [5.41, 5.74) is 1.74. The Hall–Kier alpha value is -1.34. The van der Waals surface area contributed by atoms with Crippen LogP contribution in [0.2, 0.25) is 0 Å². The van der Waals surface area contributed by atoms with Crippen LogP contribution in [0.25, 0.3) is 0 Å². The normalized spacial score (nSPS) is 11.3. The fourth-order valence-corrected chi connectivity index (χ4v) is 2.48. The fourth-order valence-electron chi connectivity index (χ4n) is 1.52. The Morgan fingerprint density at radius 3 is 2.32 bits per heavy atom. The molecule has 1 heterocycles. The summed E-state index contributed by atoms with van der Waals surface area (Å²) in [7, 11) is -3.17. The van der Waals surface area contributed by atoms with Gasteiger partial charge < -0.3 is 10.6 Å². The van der Waals surface area contributed by atoms with Gasteiger partial charge in [0.25, 0.3) is 0 Å². The van der Waals surface area contributed by atoms with Gasteiger partial charge in [-0.25, -0.2) is 13.1 Å². The SMILES string of the molecule is CCCNc1cncc(NCCS(=O)(=O)NCC)c1. The number of nitrogens with zero attached hydrogens (tertiary/aromatic N) is 1. The number of nitrogens with one attached hydrogen (secondary N) is 3. The Morgan fingerprint density at radius 2 is 1.74 bits per heavy atom. The molecule has 0 amide bonds. The second-order valence-corrected chi connectivity index (χ2v) is 6.06. The predicted octanol–water partition coefficient (Wildman–Crippen LogP) is 1.25. The molecule has 0 aliphatic heterocycles. The van der Waals surface area contributed by atoms with Crippen molar-refractivity contribution < 1.29 is 8.42 Å². The zero-order valence-corrected chi connectivity index (χ0v) is 12.3. The molecular weight excluding hydrogens is 264 g/mol. The van der Waals surface area contributed by atoms with Crippen LogP contribution in [0.15, 0.2) is 18.5 Å². The van der Waals surface area contributed by atoms with Gasteiger partial charge in [0.15, 0.2) is 0 Å². The van der Waals surface area contributed by atoms with Crippen LogP contribution in [0.4, 0.5) is 11.4 Å². The molecule has 0 aliphatic carbocycles. The van der Waals surface area contributed by atoms with Gasteiger partial charge in [-0.15, -0.1) is 0 Å². The lowest BCUT2D eigenvalue weighted by atomic mass is 10.3. The first-order valence-electron chi connectivity index (χ1n) is 6.47. The van der Waals surface area contributed by atoms with E-state index in [-0.39, 0.29) is 5.75 Å². The molecule has 3 N–H and O–H groups in total. The lowest BCUT2D eigenvalue weighted by molar-refractivity contribution is 0.584. The number of anilines is 2. The van der Waals surface area contributed by atoms with Crippen molar-refractivity contribution in [1.82, 2.24) is 9.71 Å². The third kappa shape index (κ3) is 6.40. The highest BCUT2D eigenvalue weighted by Crippen LogP contribution is 2.12. The fraction of sp³-hybridized carbons (Fsp3) is 0.583. The maximum Gasteiger partial charge on any atom is 0.213 e. The summed E-state index contributed by atoms with van der Waals surface area (Å²) >= 11 is 0. The minimum Gasteiger partial charge on any atom is -0.384 e. The van der Waals surface area contributed by atoms with Crippen LogP contribution in [0.1, 0.15) is 20.3 Å². The van der Waals surface area contributed by atoms with Crippen molar-refractivity contribution in [2.75, 3.05) is 36.0 Å². The minimum atomic E-state index is -3.17. The van der Waals surface area contributed by atoms with Crippen LogP contribution < -0.4 is 15.4 Å². The van der Waals surface area contributed by atoms with E-state index in [0.29, 0.717) is 13.1 Å². The van der Waals surface area contributed by atoms with Gasteiger partial charge in [0, 0.05) is 19.6 Å². The number of hydrogen-bond donors (Lipinski definition) is 3. The van der Waals surface area contributed by atoms with E-state index in [9.17, 15) is 8.42 Å². The monoisotopic (exact) mass is 286 g/mol. The van der Waals surface area contributed by atoms with E-state index in [0.717, 1.165) is 24.3 Å². The standard InChI is InChI=1S/C12H22N4O2S/c1-3-5-14-11-8-12(10-13-9-11)15-6-7-19(17,18)16-4-2/h8-10,14-16H,3-7H2,1-2H3. The smallest absolute Gasteiger partial charge is 0.213 e. The molecule has 1 rings (SSSR count). The number of aromatic nitrogens is 1. The molecule has 0 fully saturated rings. The topological polar surface area (TPSA) is 83.1 Å². The summed E-state index contributed by atoms with van der Waals surface area (Å²) in [5, 5.41) is 6.28. The summed E-state index contributed by atoms with van der Waals surface area (Å²) in [6.45, 7) is 5.51. The van der Waals surface area contributed by atoms with Gasteiger partial charge in [0.1, 0.15) is 0 Å². The Kier molecular flexibility index (Phi) is 6.58. The van der Waals surface area contributed by atoms with Crippen molar-refractivity contribution in [3.05, 3.63) is 18.5 Å². The van der Waals surface area contributed by atoms with Gasteiger partial charge >= 0.3 is 0 Å². The summed E-state index contributed by atoms with van der Waals surface area (Å²) in [6.07, 6.45) is 4.46. The Balaban J connectivity index is 2.45. The van der Waals surface area contributed by atoms with Crippen molar-refractivity contribution in [2.45, 2.75) is 20.3 Å². The first kappa shape index (κ1) is 15.7. The largest absolute Gasteiger partial charge is 0.384 e. The molecule has 0 saturated carbocycles. The average Bonchev–Trinajstić information content (AvgIpc) is 2.36. The van der Waals surface area contributed by atoms with Gasteiger partial charge in [0.2, 0.25) is 10.0 Å². The van der Waals surface area contributed by atoms with Crippen molar-refractivity contribution in [2.24, 2.45) is 0 Å². The number of rotatable bonds is 9. The first-order valence-corrected chi connectivity index (χ1v) is 8.12. The number of sulfonamides is 1. The Bertz CT molecular complexity index is 476. The van der Waals surface area contributed by atoms with Gasteiger partial charge in [0.05, 0.1) is 29.5 Å². The van der Waals surface area contributed by atoms with Gasteiger partial charge in [-0.3, -0.25) is 4.98 Å². The zero-order chi connectivity index (χ0) is 14.1. The third-order valence-electron chi connectivity index (χ3n) is 2.38. The van der Waals surface area contributed by atoms with E-state index in [4.69, 9.17) is 0 Å².